The van der Waals surface area contributed by atoms with Crippen molar-refractivity contribution >= 4 is 33.0 Å². The van der Waals surface area contributed by atoms with Gasteiger partial charge in [-0.15, -0.1) is 22.9 Å². The normalized spacial score (nSPS) is 12.0. The molecule has 1 heterocycles. The standard InChI is InChI=1S/C14H15ClFNO2S2/c1-2-17(10-12-4-3-7-20-12)21(18,19)14-6-5-11(9-15)8-13(14)16/h3-8H,2,9-10H2,1H3. The van der Waals surface area contributed by atoms with Crippen molar-refractivity contribution in [1.29, 1.82) is 0 Å². The van der Waals surface area contributed by atoms with E-state index in [9.17, 15) is 12.8 Å². The largest absolute Gasteiger partial charge is 0.246 e. The predicted molar refractivity (Wildman–Crippen MR) is 83.5 cm³/mol. The van der Waals surface area contributed by atoms with E-state index >= 15 is 0 Å². The van der Waals surface area contributed by atoms with Crippen LogP contribution in [-0.4, -0.2) is 19.3 Å². The van der Waals surface area contributed by atoms with Crippen molar-refractivity contribution < 1.29 is 12.8 Å². The van der Waals surface area contributed by atoms with Gasteiger partial charge in [-0.2, -0.15) is 4.31 Å². The summed E-state index contributed by atoms with van der Waals surface area (Å²) in [5, 5.41) is 1.88. The van der Waals surface area contributed by atoms with Gasteiger partial charge in [0.2, 0.25) is 10.0 Å². The maximum Gasteiger partial charge on any atom is 0.246 e. The molecule has 0 aliphatic carbocycles. The molecule has 114 valence electrons. The van der Waals surface area contributed by atoms with E-state index < -0.39 is 15.8 Å². The van der Waals surface area contributed by atoms with Crippen molar-refractivity contribution in [3.05, 3.63) is 52.0 Å². The molecule has 0 fully saturated rings. The summed E-state index contributed by atoms with van der Waals surface area (Å²) in [4.78, 5) is 0.605. The van der Waals surface area contributed by atoms with Crippen LogP contribution in [-0.2, 0) is 22.4 Å². The van der Waals surface area contributed by atoms with Crippen molar-refractivity contribution in [3.63, 3.8) is 0 Å². The Balaban J connectivity index is 2.35. The first kappa shape index (κ1) is 16.4. The minimum Gasteiger partial charge on any atom is -0.207 e. The Labute approximate surface area is 133 Å². The highest BCUT2D eigenvalue weighted by atomic mass is 35.5. The molecule has 0 spiro atoms. The molecule has 0 radical (unpaired) electrons. The second-order valence-corrected chi connectivity index (χ2v) is 7.61. The van der Waals surface area contributed by atoms with Gasteiger partial charge in [0.15, 0.2) is 0 Å². The third-order valence-electron chi connectivity index (χ3n) is 3.03. The number of hydrogen-bond acceptors (Lipinski definition) is 3. The SMILES string of the molecule is CCN(Cc1cccs1)S(=O)(=O)c1ccc(CCl)cc1F. The van der Waals surface area contributed by atoms with Crippen LogP contribution in [0, 0.1) is 5.82 Å². The van der Waals surface area contributed by atoms with Crippen LogP contribution in [0.1, 0.15) is 17.4 Å². The van der Waals surface area contributed by atoms with Gasteiger partial charge in [-0.25, -0.2) is 12.8 Å². The second-order valence-electron chi connectivity index (χ2n) is 4.41. The summed E-state index contributed by atoms with van der Waals surface area (Å²) >= 11 is 7.10. The highest BCUT2D eigenvalue weighted by molar-refractivity contribution is 7.89. The van der Waals surface area contributed by atoms with Crippen LogP contribution >= 0.6 is 22.9 Å². The summed E-state index contributed by atoms with van der Waals surface area (Å²) in [6, 6.07) is 7.69. The Morgan fingerprint density at radius 3 is 2.62 bits per heavy atom. The van der Waals surface area contributed by atoms with Crippen LogP contribution in [0.5, 0.6) is 0 Å². The first-order valence-electron chi connectivity index (χ1n) is 6.36. The molecule has 0 atom stereocenters. The number of thiophene rings is 1. The lowest BCUT2D eigenvalue weighted by molar-refractivity contribution is 0.422. The molecule has 7 heteroatoms. The van der Waals surface area contributed by atoms with Gasteiger partial charge in [-0.3, -0.25) is 0 Å². The third-order valence-corrected chi connectivity index (χ3v) is 6.16. The van der Waals surface area contributed by atoms with Crippen LogP contribution in [0.15, 0.2) is 40.6 Å². The second kappa shape index (κ2) is 6.87. The van der Waals surface area contributed by atoms with E-state index in [1.807, 2.05) is 17.5 Å². The van der Waals surface area contributed by atoms with Crippen LogP contribution < -0.4 is 0 Å². The van der Waals surface area contributed by atoms with Gasteiger partial charge in [0, 0.05) is 23.8 Å². The van der Waals surface area contributed by atoms with Crippen molar-refractivity contribution in [2.45, 2.75) is 24.2 Å². The lowest BCUT2D eigenvalue weighted by Gasteiger charge is -2.20. The molecule has 0 bridgehead atoms. The molecule has 1 aromatic carbocycles. The number of sulfonamides is 1. The maximum absolute atomic E-state index is 14.0. The van der Waals surface area contributed by atoms with E-state index in [4.69, 9.17) is 11.6 Å². The third kappa shape index (κ3) is 3.63. The number of halogens is 2. The molecule has 1 aromatic heterocycles. The highest BCUT2D eigenvalue weighted by Crippen LogP contribution is 2.23. The quantitative estimate of drug-likeness (QED) is 0.744. The monoisotopic (exact) mass is 347 g/mol. The van der Waals surface area contributed by atoms with Gasteiger partial charge in [-0.1, -0.05) is 19.1 Å². The average Bonchev–Trinajstić information content (AvgIpc) is 2.97. The first-order chi connectivity index (χ1) is 9.98. The molecule has 2 rings (SSSR count). The molecule has 0 N–H and O–H groups in total. The molecule has 0 saturated heterocycles. The molecule has 0 saturated carbocycles. The summed E-state index contributed by atoms with van der Waals surface area (Å²) in [6.07, 6.45) is 0. The Kier molecular flexibility index (Phi) is 5.37. The molecule has 0 unspecified atom stereocenters. The summed E-state index contributed by atoms with van der Waals surface area (Å²) in [6.45, 7) is 2.25. The van der Waals surface area contributed by atoms with E-state index in [-0.39, 0.29) is 23.9 Å². The lowest BCUT2D eigenvalue weighted by Crippen LogP contribution is -2.30. The number of rotatable bonds is 6. The van der Waals surface area contributed by atoms with E-state index in [0.717, 1.165) is 4.88 Å². The van der Waals surface area contributed by atoms with Crippen molar-refractivity contribution in [1.82, 2.24) is 4.31 Å². The number of nitrogens with zero attached hydrogens (tertiary/aromatic N) is 1. The Morgan fingerprint density at radius 1 is 1.33 bits per heavy atom. The topological polar surface area (TPSA) is 37.4 Å². The first-order valence-corrected chi connectivity index (χ1v) is 9.21. The van der Waals surface area contributed by atoms with Gasteiger partial charge in [0.1, 0.15) is 10.7 Å². The fraction of sp³-hybridized carbons (Fsp3) is 0.286. The minimum absolute atomic E-state index is 0.143. The van der Waals surface area contributed by atoms with Crippen molar-refractivity contribution in [2.24, 2.45) is 0 Å². The summed E-state index contributed by atoms with van der Waals surface area (Å²) in [5.41, 5.74) is 0.550. The van der Waals surface area contributed by atoms with Gasteiger partial charge >= 0.3 is 0 Å². The van der Waals surface area contributed by atoms with Crippen molar-refractivity contribution in [3.8, 4) is 0 Å². The zero-order valence-electron chi connectivity index (χ0n) is 11.4. The van der Waals surface area contributed by atoms with Crippen LogP contribution in [0.25, 0.3) is 0 Å². The minimum atomic E-state index is -3.86. The smallest absolute Gasteiger partial charge is 0.207 e. The number of benzene rings is 1. The molecule has 0 aliphatic rings. The fourth-order valence-corrected chi connectivity index (χ4v) is 4.36. The van der Waals surface area contributed by atoms with Crippen LogP contribution in [0.3, 0.4) is 0 Å². The van der Waals surface area contributed by atoms with Gasteiger partial charge in [0.05, 0.1) is 0 Å². The molecule has 2 aromatic rings. The van der Waals surface area contributed by atoms with E-state index in [2.05, 4.69) is 0 Å². The molecular weight excluding hydrogens is 333 g/mol. The number of alkyl halides is 1. The van der Waals surface area contributed by atoms with E-state index in [0.29, 0.717) is 5.56 Å². The molecule has 21 heavy (non-hydrogen) atoms. The zero-order valence-corrected chi connectivity index (χ0v) is 13.8. The van der Waals surface area contributed by atoms with E-state index in [1.165, 1.54) is 33.8 Å². The Hall–Kier alpha value is -0.950. The van der Waals surface area contributed by atoms with Crippen molar-refractivity contribution in [2.75, 3.05) is 6.54 Å². The van der Waals surface area contributed by atoms with Crippen LogP contribution in [0.4, 0.5) is 4.39 Å². The number of hydrogen-bond donors (Lipinski definition) is 0. The Morgan fingerprint density at radius 2 is 2.10 bits per heavy atom. The van der Waals surface area contributed by atoms with E-state index in [1.54, 1.807) is 6.92 Å². The zero-order chi connectivity index (χ0) is 15.5. The highest BCUT2D eigenvalue weighted by Gasteiger charge is 2.26. The fourth-order valence-electron chi connectivity index (χ4n) is 1.92. The molecule has 3 nitrogen and oxygen atoms in total. The van der Waals surface area contributed by atoms with Gasteiger partial charge in [0.25, 0.3) is 0 Å². The summed E-state index contributed by atoms with van der Waals surface area (Å²) in [7, 11) is -3.86. The molecule has 0 aliphatic heterocycles. The van der Waals surface area contributed by atoms with Gasteiger partial charge in [-0.05, 0) is 29.1 Å². The summed E-state index contributed by atoms with van der Waals surface area (Å²) < 4.78 is 40.4. The molecular formula is C14H15ClFNO2S2. The predicted octanol–water partition coefficient (Wildman–Crippen LogP) is 3.84. The maximum atomic E-state index is 14.0. The van der Waals surface area contributed by atoms with Crippen LogP contribution in [0.2, 0.25) is 0 Å². The average molecular weight is 348 g/mol. The Bertz CT molecular complexity index is 702. The lowest BCUT2D eigenvalue weighted by atomic mass is 10.2. The summed E-state index contributed by atoms with van der Waals surface area (Å²) in [5.74, 6) is -0.623. The van der Waals surface area contributed by atoms with Gasteiger partial charge < -0.3 is 0 Å². The molecule has 0 amide bonds.